The Morgan fingerprint density at radius 2 is 2.07 bits per heavy atom. The first-order valence-electron chi connectivity index (χ1n) is 9.33. The number of rotatable bonds is 2. The Kier molecular flexibility index (Phi) is 5.04. The summed E-state index contributed by atoms with van der Waals surface area (Å²) in [5, 5.41) is 12.8. The molecule has 152 valence electrons. The molecule has 2 aliphatic rings. The van der Waals surface area contributed by atoms with Crippen molar-refractivity contribution in [3.63, 3.8) is 0 Å². The van der Waals surface area contributed by atoms with Gasteiger partial charge >= 0.3 is 6.18 Å². The van der Waals surface area contributed by atoms with Gasteiger partial charge < -0.3 is 15.2 Å². The molecule has 5 nitrogen and oxygen atoms in total. The van der Waals surface area contributed by atoms with Crippen molar-refractivity contribution < 1.29 is 27.8 Å². The normalized spacial score (nSPS) is 19.9. The van der Waals surface area contributed by atoms with Gasteiger partial charge in [0.25, 0.3) is 0 Å². The van der Waals surface area contributed by atoms with Crippen LogP contribution >= 0.6 is 0 Å². The summed E-state index contributed by atoms with van der Waals surface area (Å²) in [5.74, 6) is -0.508. The molecule has 1 aliphatic carbocycles. The van der Waals surface area contributed by atoms with Gasteiger partial charge in [-0.2, -0.15) is 13.2 Å². The standard InChI is InChI=1S/C21H19F3N2O3/c22-21(23,24)18-7-6-15-13(8-9-29-20(15)26-18)10-19(28)25-17-3-1-2-12-4-5-14(27)11-16(12)17/h1-3,6-7,10,14,27H,4-5,8-9,11H2,(H,25,28). The molecule has 8 heteroatoms. The summed E-state index contributed by atoms with van der Waals surface area (Å²) < 4.78 is 43.8. The summed E-state index contributed by atoms with van der Waals surface area (Å²) in [5.41, 5.74) is 2.57. The zero-order valence-corrected chi connectivity index (χ0v) is 15.4. The van der Waals surface area contributed by atoms with Gasteiger partial charge in [-0.15, -0.1) is 0 Å². The number of hydrogen-bond donors (Lipinski definition) is 2. The van der Waals surface area contributed by atoms with Crippen LogP contribution in [0.3, 0.4) is 0 Å². The number of aryl methyl sites for hydroxylation is 1. The van der Waals surface area contributed by atoms with Gasteiger partial charge in [-0.25, -0.2) is 4.98 Å². The van der Waals surface area contributed by atoms with Gasteiger partial charge in [0.2, 0.25) is 11.8 Å². The van der Waals surface area contributed by atoms with Crippen molar-refractivity contribution in [1.82, 2.24) is 4.98 Å². The van der Waals surface area contributed by atoms with E-state index in [2.05, 4.69) is 10.3 Å². The van der Waals surface area contributed by atoms with Gasteiger partial charge in [-0.1, -0.05) is 12.1 Å². The highest BCUT2D eigenvalue weighted by atomic mass is 19.4. The lowest BCUT2D eigenvalue weighted by Gasteiger charge is -2.23. The predicted molar refractivity (Wildman–Crippen MR) is 100 cm³/mol. The molecule has 2 N–H and O–H groups in total. The van der Waals surface area contributed by atoms with Crippen molar-refractivity contribution in [2.24, 2.45) is 0 Å². The van der Waals surface area contributed by atoms with E-state index >= 15 is 0 Å². The van der Waals surface area contributed by atoms with Crippen LogP contribution in [0.4, 0.5) is 18.9 Å². The first-order chi connectivity index (χ1) is 13.8. The number of halogens is 3. The summed E-state index contributed by atoms with van der Waals surface area (Å²) in [6.45, 7) is 0.146. The van der Waals surface area contributed by atoms with Gasteiger partial charge in [0.15, 0.2) is 0 Å². The lowest BCUT2D eigenvalue weighted by Crippen LogP contribution is -2.21. The molecule has 1 atom stereocenters. The second-order valence-corrected chi connectivity index (χ2v) is 7.14. The highest BCUT2D eigenvalue weighted by molar-refractivity contribution is 6.04. The molecule has 0 saturated heterocycles. The van der Waals surface area contributed by atoms with E-state index in [0.29, 0.717) is 36.1 Å². The average Bonchev–Trinajstić information content (AvgIpc) is 2.67. The lowest BCUT2D eigenvalue weighted by atomic mass is 9.88. The minimum Gasteiger partial charge on any atom is -0.477 e. The van der Waals surface area contributed by atoms with Crippen molar-refractivity contribution in [3.8, 4) is 5.88 Å². The predicted octanol–water partition coefficient (Wildman–Crippen LogP) is 3.75. The van der Waals surface area contributed by atoms with Crippen LogP contribution in [0, 0.1) is 0 Å². The van der Waals surface area contributed by atoms with Gasteiger partial charge in [0.1, 0.15) is 5.69 Å². The number of aromatic nitrogens is 1. The van der Waals surface area contributed by atoms with Crippen molar-refractivity contribution in [2.75, 3.05) is 11.9 Å². The Morgan fingerprint density at radius 1 is 1.24 bits per heavy atom. The van der Waals surface area contributed by atoms with E-state index in [0.717, 1.165) is 23.6 Å². The van der Waals surface area contributed by atoms with E-state index in [9.17, 15) is 23.1 Å². The third-order valence-corrected chi connectivity index (χ3v) is 5.13. The van der Waals surface area contributed by atoms with Gasteiger partial charge in [-0.3, -0.25) is 4.79 Å². The fourth-order valence-corrected chi connectivity index (χ4v) is 3.71. The van der Waals surface area contributed by atoms with Crippen LogP contribution in [-0.2, 0) is 23.8 Å². The highest BCUT2D eigenvalue weighted by Gasteiger charge is 2.34. The molecule has 0 saturated carbocycles. The Hall–Kier alpha value is -2.87. The Labute approximate surface area is 165 Å². The van der Waals surface area contributed by atoms with E-state index < -0.39 is 18.0 Å². The first kappa shape index (κ1) is 19.4. The van der Waals surface area contributed by atoms with Gasteiger partial charge in [-0.05, 0) is 47.7 Å². The van der Waals surface area contributed by atoms with Crippen LogP contribution in [0.5, 0.6) is 5.88 Å². The lowest BCUT2D eigenvalue weighted by molar-refractivity contribution is -0.141. The fourth-order valence-electron chi connectivity index (χ4n) is 3.71. The molecule has 29 heavy (non-hydrogen) atoms. The number of pyridine rings is 1. The van der Waals surface area contributed by atoms with Crippen molar-refractivity contribution in [2.45, 2.75) is 38.0 Å². The number of nitrogens with zero attached hydrogens (tertiary/aromatic N) is 1. The summed E-state index contributed by atoms with van der Waals surface area (Å²) in [7, 11) is 0. The Morgan fingerprint density at radius 3 is 2.86 bits per heavy atom. The number of carbonyl (C=O) groups excluding carboxylic acids is 1. The number of aliphatic hydroxyl groups is 1. The van der Waals surface area contributed by atoms with Crippen molar-refractivity contribution in [1.29, 1.82) is 0 Å². The number of amides is 1. The molecule has 4 rings (SSSR count). The smallest absolute Gasteiger partial charge is 0.433 e. The number of nitrogens with one attached hydrogen (secondary N) is 1. The second kappa shape index (κ2) is 7.51. The number of alkyl halides is 3. The first-order valence-corrected chi connectivity index (χ1v) is 9.33. The van der Waals surface area contributed by atoms with Crippen LogP contribution in [0.2, 0.25) is 0 Å². The second-order valence-electron chi connectivity index (χ2n) is 7.14. The van der Waals surface area contributed by atoms with E-state index in [1.54, 1.807) is 6.07 Å². The van der Waals surface area contributed by atoms with Crippen LogP contribution in [0.1, 0.15) is 35.2 Å². The van der Waals surface area contributed by atoms with Crippen LogP contribution in [-0.4, -0.2) is 28.7 Å². The van der Waals surface area contributed by atoms with E-state index in [1.165, 1.54) is 12.1 Å². The molecular weight excluding hydrogens is 385 g/mol. The number of ether oxygens (including phenoxy) is 1. The zero-order chi connectivity index (χ0) is 20.6. The van der Waals surface area contributed by atoms with Gasteiger partial charge in [0.05, 0.1) is 12.7 Å². The molecule has 0 spiro atoms. The molecule has 1 amide bonds. The number of aliphatic hydroxyl groups excluding tert-OH is 1. The zero-order valence-electron chi connectivity index (χ0n) is 15.4. The number of anilines is 1. The molecule has 0 radical (unpaired) electrons. The third kappa shape index (κ3) is 4.12. The molecule has 1 aliphatic heterocycles. The summed E-state index contributed by atoms with van der Waals surface area (Å²) in [6.07, 6.45) is -1.32. The summed E-state index contributed by atoms with van der Waals surface area (Å²) >= 11 is 0. The molecule has 1 unspecified atom stereocenters. The number of hydrogen-bond acceptors (Lipinski definition) is 4. The van der Waals surface area contributed by atoms with E-state index in [1.807, 2.05) is 12.1 Å². The molecule has 1 aromatic carbocycles. The molecule has 0 fully saturated rings. The molecular formula is C21H19F3N2O3. The maximum absolute atomic E-state index is 12.9. The number of fused-ring (bicyclic) bond motifs is 2. The summed E-state index contributed by atoms with van der Waals surface area (Å²) in [4.78, 5) is 16.1. The number of benzene rings is 1. The van der Waals surface area contributed by atoms with E-state index in [4.69, 9.17) is 4.74 Å². The molecule has 0 bridgehead atoms. The van der Waals surface area contributed by atoms with Crippen LogP contribution in [0.25, 0.3) is 5.57 Å². The largest absolute Gasteiger partial charge is 0.477 e. The Balaban J connectivity index is 1.58. The summed E-state index contributed by atoms with van der Waals surface area (Å²) in [6, 6.07) is 7.78. The minimum atomic E-state index is -4.56. The van der Waals surface area contributed by atoms with Gasteiger partial charge in [0, 0.05) is 30.2 Å². The average molecular weight is 404 g/mol. The monoisotopic (exact) mass is 404 g/mol. The maximum atomic E-state index is 12.9. The van der Waals surface area contributed by atoms with Crippen molar-refractivity contribution >= 4 is 17.2 Å². The van der Waals surface area contributed by atoms with Crippen LogP contribution < -0.4 is 10.1 Å². The van der Waals surface area contributed by atoms with Crippen LogP contribution in [0.15, 0.2) is 36.4 Å². The maximum Gasteiger partial charge on any atom is 0.433 e. The topological polar surface area (TPSA) is 71.5 Å². The third-order valence-electron chi connectivity index (χ3n) is 5.13. The fraction of sp³-hybridized carbons (Fsp3) is 0.333. The highest BCUT2D eigenvalue weighted by Crippen LogP contribution is 2.36. The SMILES string of the molecule is O=C(C=C1CCOc2nc(C(F)(F)F)ccc21)Nc1cccc2c1CC(O)CC2. The Bertz CT molecular complexity index is 986. The molecule has 2 heterocycles. The minimum absolute atomic E-state index is 0.120. The molecule has 1 aromatic heterocycles. The van der Waals surface area contributed by atoms with E-state index in [-0.39, 0.29) is 18.4 Å². The number of carbonyl (C=O) groups is 1. The molecule has 2 aromatic rings. The quantitative estimate of drug-likeness (QED) is 0.748. The van der Waals surface area contributed by atoms with Crippen molar-refractivity contribution in [3.05, 3.63) is 58.8 Å².